The van der Waals surface area contributed by atoms with Gasteiger partial charge in [-0.3, -0.25) is 14.6 Å². The molecule has 3 heterocycles. The molecule has 34 heavy (non-hydrogen) atoms. The summed E-state index contributed by atoms with van der Waals surface area (Å²) in [7, 11) is 0. The predicted molar refractivity (Wildman–Crippen MR) is 136 cm³/mol. The molecule has 0 saturated carbocycles. The van der Waals surface area contributed by atoms with Gasteiger partial charge >= 0.3 is 0 Å². The maximum Gasteiger partial charge on any atom is 0.275 e. The molecule has 0 unspecified atom stereocenters. The minimum absolute atomic E-state index is 0.0689. The van der Waals surface area contributed by atoms with E-state index in [4.69, 9.17) is 0 Å². The number of carbonyl (C=O) groups is 2. The Bertz CT molecular complexity index is 1130. The molecule has 0 aliphatic carbocycles. The average Bonchev–Trinajstić information content (AvgIpc) is 3.34. The van der Waals surface area contributed by atoms with Crippen molar-refractivity contribution in [3.63, 3.8) is 0 Å². The molecule has 2 aromatic heterocycles. The predicted octanol–water partition coefficient (Wildman–Crippen LogP) is 5.43. The zero-order valence-electron chi connectivity index (χ0n) is 20.1. The van der Waals surface area contributed by atoms with Crippen molar-refractivity contribution >= 4 is 28.8 Å². The highest BCUT2D eigenvalue weighted by molar-refractivity contribution is 7.10. The van der Waals surface area contributed by atoms with E-state index in [0.717, 1.165) is 54.2 Å². The summed E-state index contributed by atoms with van der Waals surface area (Å²) in [5, 5.41) is 5.87. The van der Waals surface area contributed by atoms with Gasteiger partial charge in [0.1, 0.15) is 5.69 Å². The van der Waals surface area contributed by atoms with Crippen molar-refractivity contribution in [1.29, 1.82) is 0 Å². The van der Waals surface area contributed by atoms with E-state index in [9.17, 15) is 9.59 Å². The van der Waals surface area contributed by atoms with Crippen LogP contribution in [0.1, 0.15) is 72.6 Å². The molecule has 1 N–H and O–H groups in total. The number of para-hydroxylation sites is 1. The molecule has 1 saturated heterocycles. The van der Waals surface area contributed by atoms with Crippen LogP contribution in [0, 0.1) is 0 Å². The van der Waals surface area contributed by atoms with Crippen molar-refractivity contribution in [1.82, 2.24) is 14.9 Å². The van der Waals surface area contributed by atoms with Crippen LogP contribution in [-0.4, -0.2) is 39.8 Å². The minimum Gasteiger partial charge on any atom is -0.343 e. The molecule has 0 radical (unpaired) electrons. The van der Waals surface area contributed by atoms with Gasteiger partial charge in [0, 0.05) is 48.9 Å². The second kappa shape index (κ2) is 10.5. The van der Waals surface area contributed by atoms with Crippen molar-refractivity contribution in [3.05, 3.63) is 76.0 Å². The SMILES string of the molecule is CC(C)(C)c1ccccc1NC(=O)c1csc(C2CCN(C(=O)CCc3cccnc3)CC2)n1. The van der Waals surface area contributed by atoms with Crippen molar-refractivity contribution in [3.8, 4) is 0 Å². The van der Waals surface area contributed by atoms with E-state index in [0.29, 0.717) is 12.1 Å². The lowest BCUT2D eigenvalue weighted by atomic mass is 9.86. The quantitative estimate of drug-likeness (QED) is 0.515. The summed E-state index contributed by atoms with van der Waals surface area (Å²) >= 11 is 1.54. The monoisotopic (exact) mass is 476 g/mol. The van der Waals surface area contributed by atoms with Crippen LogP contribution in [0.5, 0.6) is 0 Å². The maximum absolute atomic E-state index is 12.9. The number of anilines is 1. The molecular weight excluding hydrogens is 444 g/mol. The fourth-order valence-corrected chi connectivity index (χ4v) is 5.31. The summed E-state index contributed by atoms with van der Waals surface area (Å²) in [6, 6.07) is 11.8. The molecule has 6 nitrogen and oxygen atoms in total. The molecule has 0 atom stereocenters. The molecule has 1 fully saturated rings. The van der Waals surface area contributed by atoms with Gasteiger partial charge < -0.3 is 10.2 Å². The van der Waals surface area contributed by atoms with Crippen LogP contribution in [0.2, 0.25) is 0 Å². The molecule has 1 aliphatic rings. The summed E-state index contributed by atoms with van der Waals surface area (Å²) in [4.78, 5) is 36.2. The van der Waals surface area contributed by atoms with Crippen molar-refractivity contribution in [2.24, 2.45) is 0 Å². The minimum atomic E-state index is -0.179. The second-order valence-corrected chi connectivity index (χ2v) is 10.7. The van der Waals surface area contributed by atoms with Gasteiger partial charge in [0.25, 0.3) is 5.91 Å². The largest absolute Gasteiger partial charge is 0.343 e. The molecule has 178 valence electrons. The first kappa shape index (κ1) is 24.1. The summed E-state index contributed by atoms with van der Waals surface area (Å²) in [6.07, 6.45) is 6.54. The number of piperidine rings is 1. The summed E-state index contributed by atoms with van der Waals surface area (Å²) in [6.45, 7) is 7.87. The first-order chi connectivity index (χ1) is 16.3. The van der Waals surface area contributed by atoms with Crippen LogP contribution < -0.4 is 5.32 Å². The van der Waals surface area contributed by atoms with Gasteiger partial charge in [-0.15, -0.1) is 11.3 Å². The summed E-state index contributed by atoms with van der Waals surface area (Å²) < 4.78 is 0. The number of likely N-dealkylation sites (tertiary alicyclic amines) is 1. The Morgan fingerprint density at radius 2 is 1.88 bits per heavy atom. The van der Waals surface area contributed by atoms with Crippen molar-refractivity contribution in [2.45, 2.75) is 57.8 Å². The Hall–Kier alpha value is -3.06. The average molecular weight is 477 g/mol. The Kier molecular flexibility index (Phi) is 7.41. The van der Waals surface area contributed by atoms with Gasteiger partial charge in [0.15, 0.2) is 0 Å². The van der Waals surface area contributed by atoms with Crippen molar-refractivity contribution in [2.75, 3.05) is 18.4 Å². The first-order valence-corrected chi connectivity index (χ1v) is 12.7. The van der Waals surface area contributed by atoms with E-state index in [1.54, 1.807) is 6.20 Å². The van der Waals surface area contributed by atoms with E-state index in [1.807, 2.05) is 52.9 Å². The molecule has 0 bridgehead atoms. The molecular formula is C27H32N4O2S. The van der Waals surface area contributed by atoms with E-state index >= 15 is 0 Å². The zero-order valence-corrected chi connectivity index (χ0v) is 20.9. The van der Waals surface area contributed by atoms with Gasteiger partial charge in [-0.05, 0) is 47.9 Å². The van der Waals surface area contributed by atoms with Crippen LogP contribution in [0.25, 0.3) is 0 Å². The fraction of sp³-hybridized carbons (Fsp3) is 0.407. The molecule has 4 rings (SSSR count). The lowest BCUT2D eigenvalue weighted by molar-refractivity contribution is -0.132. The molecule has 2 amide bonds. The van der Waals surface area contributed by atoms with Crippen LogP contribution >= 0.6 is 11.3 Å². The molecule has 7 heteroatoms. The van der Waals surface area contributed by atoms with E-state index < -0.39 is 0 Å². The Labute approximate surface area is 205 Å². The molecule has 3 aromatic rings. The third-order valence-corrected chi connectivity index (χ3v) is 7.29. The zero-order chi connectivity index (χ0) is 24.1. The van der Waals surface area contributed by atoms with Gasteiger partial charge in [0.05, 0.1) is 5.01 Å². The Morgan fingerprint density at radius 1 is 1.12 bits per heavy atom. The number of carbonyl (C=O) groups excluding carboxylic acids is 2. The van der Waals surface area contributed by atoms with Crippen LogP contribution in [0.3, 0.4) is 0 Å². The third-order valence-electron chi connectivity index (χ3n) is 6.29. The normalized spacial score (nSPS) is 14.7. The number of nitrogens with zero attached hydrogens (tertiary/aromatic N) is 3. The van der Waals surface area contributed by atoms with E-state index in [1.165, 1.54) is 11.3 Å². The van der Waals surface area contributed by atoms with Gasteiger partial charge in [-0.2, -0.15) is 0 Å². The maximum atomic E-state index is 12.9. The number of rotatable bonds is 6. The lowest BCUT2D eigenvalue weighted by Gasteiger charge is -2.31. The van der Waals surface area contributed by atoms with E-state index in [2.05, 4.69) is 36.1 Å². The molecule has 1 aliphatic heterocycles. The number of amides is 2. The number of aryl methyl sites for hydroxylation is 1. The van der Waals surface area contributed by atoms with Gasteiger partial charge in [-0.25, -0.2) is 4.98 Å². The summed E-state index contributed by atoms with van der Waals surface area (Å²) in [5.41, 5.74) is 3.40. The first-order valence-electron chi connectivity index (χ1n) is 11.8. The number of thiazole rings is 1. The van der Waals surface area contributed by atoms with E-state index in [-0.39, 0.29) is 23.1 Å². The highest BCUT2D eigenvalue weighted by atomic mass is 32.1. The van der Waals surface area contributed by atoms with Crippen LogP contribution in [-0.2, 0) is 16.6 Å². The number of hydrogen-bond donors (Lipinski definition) is 1. The third kappa shape index (κ3) is 5.89. The molecule has 0 spiro atoms. The lowest BCUT2D eigenvalue weighted by Crippen LogP contribution is -2.38. The Balaban J connectivity index is 1.31. The number of nitrogens with one attached hydrogen (secondary N) is 1. The van der Waals surface area contributed by atoms with Crippen LogP contribution in [0.15, 0.2) is 54.2 Å². The molecule has 1 aromatic carbocycles. The summed E-state index contributed by atoms with van der Waals surface area (Å²) in [5.74, 6) is 0.303. The van der Waals surface area contributed by atoms with Gasteiger partial charge in [0.2, 0.25) is 5.91 Å². The highest BCUT2D eigenvalue weighted by Gasteiger charge is 2.26. The second-order valence-electron chi connectivity index (χ2n) is 9.84. The number of pyridine rings is 1. The number of benzene rings is 1. The number of aromatic nitrogens is 2. The van der Waals surface area contributed by atoms with Crippen LogP contribution in [0.4, 0.5) is 5.69 Å². The standard InChI is InChI=1S/C27H32N4O2S/c1-27(2,3)21-8-4-5-9-22(21)29-25(33)23-18-34-26(30-23)20-12-15-31(16-13-20)24(32)11-10-19-7-6-14-28-17-19/h4-9,14,17-18,20H,10-13,15-16H2,1-3H3,(H,29,33). The Morgan fingerprint density at radius 3 is 2.59 bits per heavy atom. The van der Waals surface area contributed by atoms with Gasteiger partial charge in [-0.1, -0.05) is 45.0 Å². The highest BCUT2D eigenvalue weighted by Crippen LogP contribution is 2.32. The number of hydrogen-bond acceptors (Lipinski definition) is 5. The fourth-order valence-electron chi connectivity index (χ4n) is 4.34. The van der Waals surface area contributed by atoms with Crippen molar-refractivity contribution < 1.29 is 9.59 Å². The smallest absolute Gasteiger partial charge is 0.275 e. The topological polar surface area (TPSA) is 75.2 Å².